The Morgan fingerprint density at radius 2 is 2.31 bits per heavy atom. The number of nitrogens with zero attached hydrogens (tertiary/aromatic N) is 2. The molecule has 1 atom stereocenters. The lowest BCUT2D eigenvalue weighted by Gasteiger charge is -2.30. The average molecular weight is 221 g/mol. The highest BCUT2D eigenvalue weighted by Gasteiger charge is 2.56. The smallest absolute Gasteiger partial charge is 0.407 e. The van der Waals surface area contributed by atoms with Crippen molar-refractivity contribution in [1.29, 1.82) is 0 Å². The van der Waals surface area contributed by atoms with Gasteiger partial charge in [0.15, 0.2) is 0 Å². The van der Waals surface area contributed by atoms with Gasteiger partial charge in [0.1, 0.15) is 0 Å². The first-order chi connectivity index (χ1) is 7.71. The van der Waals surface area contributed by atoms with Gasteiger partial charge in [-0.05, 0) is 30.7 Å². The Bertz CT molecular complexity index is 393. The Hall–Kier alpha value is -1.52. The van der Waals surface area contributed by atoms with Gasteiger partial charge in [-0.1, -0.05) is 0 Å². The predicted molar refractivity (Wildman–Crippen MR) is 57.2 cm³/mol. The van der Waals surface area contributed by atoms with Crippen LogP contribution in [0.4, 0.5) is 4.79 Å². The van der Waals surface area contributed by atoms with Crippen molar-refractivity contribution in [3.63, 3.8) is 0 Å². The molecule has 2 N–H and O–H groups in total. The summed E-state index contributed by atoms with van der Waals surface area (Å²) in [4.78, 5) is 12.3. The molecular formula is C11H15N3O2. The molecule has 2 fully saturated rings. The van der Waals surface area contributed by atoms with Crippen LogP contribution < -0.4 is 0 Å². The third kappa shape index (κ3) is 1.38. The molecule has 1 saturated carbocycles. The van der Waals surface area contributed by atoms with Crippen molar-refractivity contribution in [1.82, 2.24) is 15.1 Å². The Labute approximate surface area is 93.5 Å². The molecule has 1 aliphatic heterocycles. The Morgan fingerprint density at radius 1 is 1.56 bits per heavy atom. The second-order valence-electron chi connectivity index (χ2n) is 4.90. The van der Waals surface area contributed by atoms with Crippen LogP contribution >= 0.6 is 0 Å². The first kappa shape index (κ1) is 9.69. The minimum Gasteiger partial charge on any atom is -0.465 e. The molecule has 5 nitrogen and oxygen atoms in total. The van der Waals surface area contributed by atoms with Crippen molar-refractivity contribution in [2.75, 3.05) is 13.1 Å². The van der Waals surface area contributed by atoms with Crippen molar-refractivity contribution in [3.8, 4) is 0 Å². The number of aromatic amines is 1. The number of hydrogen-bond acceptors (Lipinski definition) is 2. The van der Waals surface area contributed by atoms with Gasteiger partial charge in [0, 0.05) is 30.9 Å². The van der Waals surface area contributed by atoms with E-state index in [1.165, 1.54) is 17.0 Å². The fraction of sp³-hybridized carbons (Fsp3) is 0.636. The number of piperidine rings is 1. The van der Waals surface area contributed by atoms with Crippen LogP contribution in [0.5, 0.6) is 0 Å². The van der Waals surface area contributed by atoms with Gasteiger partial charge in [0.05, 0.1) is 0 Å². The minimum absolute atomic E-state index is 0.360. The number of carbonyl (C=O) groups is 1. The van der Waals surface area contributed by atoms with Gasteiger partial charge in [-0.25, -0.2) is 4.79 Å². The summed E-state index contributed by atoms with van der Waals surface area (Å²) in [6.45, 7) is 1.36. The van der Waals surface area contributed by atoms with Gasteiger partial charge in [-0.15, -0.1) is 0 Å². The van der Waals surface area contributed by atoms with Gasteiger partial charge < -0.3 is 10.0 Å². The van der Waals surface area contributed by atoms with E-state index >= 15 is 0 Å². The van der Waals surface area contributed by atoms with Gasteiger partial charge in [0.25, 0.3) is 0 Å². The fourth-order valence-corrected chi connectivity index (χ4v) is 2.94. The van der Waals surface area contributed by atoms with E-state index in [4.69, 9.17) is 5.11 Å². The van der Waals surface area contributed by atoms with Gasteiger partial charge >= 0.3 is 6.09 Å². The Kier molecular flexibility index (Phi) is 1.96. The Morgan fingerprint density at radius 3 is 2.88 bits per heavy atom. The number of rotatable bonds is 1. The zero-order chi connectivity index (χ0) is 11.2. The van der Waals surface area contributed by atoms with E-state index < -0.39 is 6.09 Å². The fourth-order valence-electron chi connectivity index (χ4n) is 2.94. The van der Waals surface area contributed by atoms with Crippen LogP contribution in [0.1, 0.15) is 30.9 Å². The van der Waals surface area contributed by atoms with E-state index in [2.05, 4.69) is 10.2 Å². The maximum Gasteiger partial charge on any atom is 0.407 e. The summed E-state index contributed by atoms with van der Waals surface area (Å²) in [5.74, 6) is 0.575. The summed E-state index contributed by atoms with van der Waals surface area (Å²) in [6.07, 6.45) is 4.16. The Balaban J connectivity index is 1.66. The molecule has 86 valence electrons. The molecule has 16 heavy (non-hydrogen) atoms. The van der Waals surface area contributed by atoms with Crippen LogP contribution in [0, 0.1) is 5.41 Å². The summed E-state index contributed by atoms with van der Waals surface area (Å²) >= 11 is 0. The van der Waals surface area contributed by atoms with Crippen molar-refractivity contribution in [2.24, 2.45) is 5.41 Å². The lowest BCUT2D eigenvalue weighted by molar-refractivity contribution is 0.119. The van der Waals surface area contributed by atoms with Crippen LogP contribution in [0.3, 0.4) is 0 Å². The van der Waals surface area contributed by atoms with Gasteiger partial charge in [-0.2, -0.15) is 5.10 Å². The SMILES string of the molecule is O=C(O)N1CCC2(CC1)CC2c1ccn[nH]1. The third-order valence-corrected chi connectivity index (χ3v) is 4.12. The van der Waals surface area contributed by atoms with Crippen molar-refractivity contribution >= 4 is 6.09 Å². The molecule has 1 saturated heterocycles. The molecule has 0 radical (unpaired) electrons. The molecule has 2 heterocycles. The first-order valence-electron chi connectivity index (χ1n) is 5.68. The summed E-state index contributed by atoms with van der Waals surface area (Å²) in [5, 5.41) is 15.9. The molecule has 2 aliphatic rings. The van der Waals surface area contributed by atoms with E-state index in [1.807, 2.05) is 6.07 Å². The number of nitrogens with one attached hydrogen (secondary N) is 1. The van der Waals surface area contributed by atoms with Crippen molar-refractivity contribution < 1.29 is 9.90 Å². The average Bonchev–Trinajstić information content (AvgIpc) is 2.77. The zero-order valence-electron chi connectivity index (χ0n) is 9.02. The number of amides is 1. The molecule has 1 aliphatic carbocycles. The zero-order valence-corrected chi connectivity index (χ0v) is 9.02. The quantitative estimate of drug-likeness (QED) is 0.757. The van der Waals surface area contributed by atoms with Crippen LogP contribution in [-0.2, 0) is 0 Å². The second-order valence-corrected chi connectivity index (χ2v) is 4.90. The standard InChI is InChI=1S/C11H15N3O2/c15-10(16)14-5-2-11(3-6-14)7-8(11)9-1-4-12-13-9/h1,4,8H,2-3,5-7H2,(H,12,13)(H,15,16). The molecule has 3 rings (SSSR count). The number of carboxylic acid groups (broad SMARTS) is 1. The normalized spacial score (nSPS) is 27.0. The largest absolute Gasteiger partial charge is 0.465 e. The van der Waals surface area contributed by atoms with E-state index in [9.17, 15) is 4.79 Å². The summed E-state index contributed by atoms with van der Waals surface area (Å²) in [5.41, 5.74) is 1.57. The topological polar surface area (TPSA) is 69.2 Å². The molecule has 0 bridgehead atoms. The summed E-state index contributed by atoms with van der Waals surface area (Å²) in [6, 6.07) is 2.03. The number of likely N-dealkylation sites (tertiary alicyclic amines) is 1. The summed E-state index contributed by atoms with van der Waals surface area (Å²) < 4.78 is 0. The number of H-pyrrole nitrogens is 1. The molecule has 1 aromatic rings. The molecule has 1 amide bonds. The molecule has 1 aromatic heterocycles. The highest BCUT2D eigenvalue weighted by Crippen LogP contribution is 2.64. The van der Waals surface area contributed by atoms with Crippen molar-refractivity contribution in [3.05, 3.63) is 18.0 Å². The van der Waals surface area contributed by atoms with Crippen LogP contribution in [0.25, 0.3) is 0 Å². The van der Waals surface area contributed by atoms with Gasteiger partial charge in [0.2, 0.25) is 0 Å². The van der Waals surface area contributed by atoms with Crippen LogP contribution in [0.2, 0.25) is 0 Å². The first-order valence-corrected chi connectivity index (χ1v) is 5.68. The maximum absolute atomic E-state index is 10.8. The van der Waals surface area contributed by atoms with E-state index in [0.717, 1.165) is 12.8 Å². The number of hydrogen-bond donors (Lipinski definition) is 2. The van der Waals surface area contributed by atoms with E-state index in [1.54, 1.807) is 6.20 Å². The lowest BCUT2D eigenvalue weighted by Crippen LogP contribution is -2.38. The molecule has 0 aromatic carbocycles. The minimum atomic E-state index is -0.784. The monoisotopic (exact) mass is 221 g/mol. The van der Waals surface area contributed by atoms with Crippen LogP contribution in [-0.4, -0.2) is 39.4 Å². The summed E-state index contributed by atoms with van der Waals surface area (Å²) in [7, 11) is 0. The van der Waals surface area contributed by atoms with Gasteiger partial charge in [-0.3, -0.25) is 5.10 Å². The second kappa shape index (κ2) is 3.23. The highest BCUT2D eigenvalue weighted by molar-refractivity contribution is 5.65. The highest BCUT2D eigenvalue weighted by atomic mass is 16.4. The van der Waals surface area contributed by atoms with E-state index in [0.29, 0.717) is 24.4 Å². The molecule has 1 unspecified atom stereocenters. The lowest BCUT2D eigenvalue weighted by atomic mass is 9.90. The predicted octanol–water partition coefficient (Wildman–Crippen LogP) is 1.66. The number of aromatic nitrogens is 2. The van der Waals surface area contributed by atoms with Crippen molar-refractivity contribution in [2.45, 2.75) is 25.2 Å². The molecular weight excluding hydrogens is 206 g/mol. The maximum atomic E-state index is 10.8. The van der Waals surface area contributed by atoms with Crippen LogP contribution in [0.15, 0.2) is 12.3 Å². The van der Waals surface area contributed by atoms with E-state index in [-0.39, 0.29) is 0 Å². The molecule has 1 spiro atoms. The molecule has 5 heteroatoms. The third-order valence-electron chi connectivity index (χ3n) is 4.12.